The number of anilines is 1. The minimum Gasteiger partial charge on any atom is -0.340 e. The number of rotatable bonds is 6. The summed E-state index contributed by atoms with van der Waals surface area (Å²) >= 11 is 5.97. The molecule has 0 aliphatic heterocycles. The standard InChI is InChI=1S/C21H25ClN2O2/c1-13(2)11-19(24-20(25)17-8-6-5-7-14(17)3)21(26)23-18-10-9-16(22)12-15(18)4/h5-10,12-13,19H,11H2,1-4H3,(H,23,26)(H,24,25). The normalized spacial score (nSPS) is 11.9. The van der Waals surface area contributed by atoms with E-state index in [4.69, 9.17) is 11.6 Å². The van der Waals surface area contributed by atoms with E-state index in [-0.39, 0.29) is 17.7 Å². The quantitative estimate of drug-likeness (QED) is 0.769. The third kappa shape index (κ3) is 5.33. The van der Waals surface area contributed by atoms with E-state index >= 15 is 0 Å². The van der Waals surface area contributed by atoms with Crippen molar-refractivity contribution in [1.82, 2.24) is 5.32 Å². The summed E-state index contributed by atoms with van der Waals surface area (Å²) in [7, 11) is 0. The molecular weight excluding hydrogens is 348 g/mol. The minimum atomic E-state index is -0.614. The highest BCUT2D eigenvalue weighted by atomic mass is 35.5. The van der Waals surface area contributed by atoms with Gasteiger partial charge in [-0.25, -0.2) is 0 Å². The maximum absolute atomic E-state index is 12.8. The van der Waals surface area contributed by atoms with E-state index in [0.717, 1.165) is 11.1 Å². The zero-order valence-electron chi connectivity index (χ0n) is 15.6. The lowest BCUT2D eigenvalue weighted by atomic mass is 10.0. The number of carbonyl (C=O) groups is 2. The van der Waals surface area contributed by atoms with Gasteiger partial charge in [-0.15, -0.1) is 0 Å². The third-order valence-electron chi connectivity index (χ3n) is 4.16. The van der Waals surface area contributed by atoms with Crippen molar-refractivity contribution in [2.75, 3.05) is 5.32 Å². The second-order valence-corrected chi connectivity index (χ2v) is 7.36. The minimum absolute atomic E-state index is 0.231. The van der Waals surface area contributed by atoms with E-state index in [1.807, 2.05) is 45.9 Å². The van der Waals surface area contributed by atoms with Crippen molar-refractivity contribution in [3.63, 3.8) is 0 Å². The highest BCUT2D eigenvalue weighted by molar-refractivity contribution is 6.30. The summed E-state index contributed by atoms with van der Waals surface area (Å²) in [5.74, 6) is -0.211. The summed E-state index contributed by atoms with van der Waals surface area (Å²) in [4.78, 5) is 25.4. The zero-order valence-corrected chi connectivity index (χ0v) is 16.4. The average molecular weight is 373 g/mol. The van der Waals surface area contributed by atoms with Gasteiger partial charge in [0.2, 0.25) is 5.91 Å². The smallest absolute Gasteiger partial charge is 0.252 e. The van der Waals surface area contributed by atoms with Gasteiger partial charge in [0, 0.05) is 16.3 Å². The molecule has 0 aliphatic rings. The Bertz CT molecular complexity index is 802. The van der Waals surface area contributed by atoms with Crippen molar-refractivity contribution >= 4 is 29.1 Å². The van der Waals surface area contributed by atoms with Crippen LogP contribution in [0.5, 0.6) is 0 Å². The predicted molar refractivity (Wildman–Crippen MR) is 107 cm³/mol. The molecule has 0 saturated carbocycles. The van der Waals surface area contributed by atoms with Crippen LogP contribution in [0.15, 0.2) is 42.5 Å². The molecule has 2 N–H and O–H groups in total. The number of nitrogens with one attached hydrogen (secondary N) is 2. The number of hydrogen-bond donors (Lipinski definition) is 2. The molecule has 5 heteroatoms. The molecule has 0 aromatic heterocycles. The van der Waals surface area contributed by atoms with Crippen LogP contribution in [-0.2, 0) is 4.79 Å². The lowest BCUT2D eigenvalue weighted by Crippen LogP contribution is -2.44. The first-order valence-corrected chi connectivity index (χ1v) is 9.09. The monoisotopic (exact) mass is 372 g/mol. The van der Waals surface area contributed by atoms with Gasteiger partial charge in [-0.05, 0) is 61.6 Å². The largest absolute Gasteiger partial charge is 0.340 e. The first kappa shape index (κ1) is 20.0. The van der Waals surface area contributed by atoms with Gasteiger partial charge in [0.25, 0.3) is 5.91 Å². The number of benzene rings is 2. The average Bonchev–Trinajstić information content (AvgIpc) is 2.56. The molecule has 0 bridgehead atoms. The highest BCUT2D eigenvalue weighted by Gasteiger charge is 2.23. The summed E-state index contributed by atoms with van der Waals surface area (Å²) in [6.07, 6.45) is 0.552. The van der Waals surface area contributed by atoms with Gasteiger partial charge in [-0.1, -0.05) is 43.6 Å². The van der Waals surface area contributed by atoms with Crippen molar-refractivity contribution in [2.24, 2.45) is 5.92 Å². The molecule has 4 nitrogen and oxygen atoms in total. The fourth-order valence-electron chi connectivity index (χ4n) is 2.75. The topological polar surface area (TPSA) is 58.2 Å². The SMILES string of the molecule is Cc1cc(Cl)ccc1NC(=O)C(CC(C)C)NC(=O)c1ccccc1C. The Hall–Kier alpha value is -2.33. The van der Waals surface area contributed by atoms with Crippen LogP contribution >= 0.6 is 11.6 Å². The number of halogens is 1. The lowest BCUT2D eigenvalue weighted by Gasteiger charge is -2.21. The molecular formula is C21H25ClN2O2. The van der Waals surface area contributed by atoms with Crippen molar-refractivity contribution in [3.8, 4) is 0 Å². The van der Waals surface area contributed by atoms with Gasteiger partial charge in [0.1, 0.15) is 6.04 Å². The van der Waals surface area contributed by atoms with E-state index in [1.54, 1.807) is 24.3 Å². The van der Waals surface area contributed by atoms with Gasteiger partial charge in [-0.3, -0.25) is 9.59 Å². The van der Waals surface area contributed by atoms with Gasteiger partial charge >= 0.3 is 0 Å². The van der Waals surface area contributed by atoms with Crippen LogP contribution in [0.3, 0.4) is 0 Å². The van der Waals surface area contributed by atoms with E-state index < -0.39 is 6.04 Å². The summed E-state index contributed by atoms with van der Waals surface area (Å²) in [5.41, 5.74) is 3.02. The molecule has 26 heavy (non-hydrogen) atoms. The second-order valence-electron chi connectivity index (χ2n) is 6.92. The summed E-state index contributed by atoms with van der Waals surface area (Å²) in [5, 5.41) is 6.40. The third-order valence-corrected chi connectivity index (χ3v) is 4.40. The Balaban J connectivity index is 2.16. The molecule has 2 amide bonds. The van der Waals surface area contributed by atoms with E-state index in [0.29, 0.717) is 22.7 Å². The Morgan fingerprint density at radius 2 is 1.73 bits per heavy atom. The number of aryl methyl sites for hydroxylation is 2. The van der Waals surface area contributed by atoms with Crippen LogP contribution in [0, 0.1) is 19.8 Å². The van der Waals surface area contributed by atoms with Gasteiger partial charge in [0.05, 0.1) is 0 Å². The molecule has 2 aromatic carbocycles. The first-order valence-electron chi connectivity index (χ1n) is 8.71. The van der Waals surface area contributed by atoms with Crippen molar-refractivity contribution in [2.45, 2.75) is 40.2 Å². The first-order chi connectivity index (χ1) is 12.3. The molecule has 0 heterocycles. The van der Waals surface area contributed by atoms with Crippen molar-refractivity contribution in [3.05, 3.63) is 64.2 Å². The molecule has 2 aromatic rings. The molecule has 0 radical (unpaired) electrons. The van der Waals surface area contributed by atoms with Gasteiger partial charge in [-0.2, -0.15) is 0 Å². The Morgan fingerprint density at radius 1 is 1.04 bits per heavy atom. The summed E-state index contributed by atoms with van der Waals surface area (Å²) < 4.78 is 0. The highest BCUT2D eigenvalue weighted by Crippen LogP contribution is 2.20. The number of hydrogen-bond acceptors (Lipinski definition) is 2. The van der Waals surface area contributed by atoms with Crippen LogP contribution in [0.4, 0.5) is 5.69 Å². The summed E-state index contributed by atoms with van der Waals surface area (Å²) in [6.45, 7) is 7.80. The molecule has 2 rings (SSSR count). The maximum atomic E-state index is 12.8. The molecule has 138 valence electrons. The zero-order chi connectivity index (χ0) is 19.3. The van der Waals surface area contributed by atoms with E-state index in [2.05, 4.69) is 10.6 Å². The van der Waals surface area contributed by atoms with Gasteiger partial charge < -0.3 is 10.6 Å². The molecule has 0 fully saturated rings. The lowest BCUT2D eigenvalue weighted by molar-refractivity contribution is -0.118. The Kier molecular flexibility index (Phi) is 6.81. The number of carbonyl (C=O) groups excluding carboxylic acids is 2. The number of amides is 2. The molecule has 0 aliphatic carbocycles. The Morgan fingerprint density at radius 3 is 2.35 bits per heavy atom. The van der Waals surface area contributed by atoms with Crippen LogP contribution in [0.1, 0.15) is 41.8 Å². The molecule has 0 saturated heterocycles. The van der Waals surface area contributed by atoms with Crippen LogP contribution < -0.4 is 10.6 Å². The van der Waals surface area contributed by atoms with Crippen molar-refractivity contribution in [1.29, 1.82) is 0 Å². The van der Waals surface area contributed by atoms with Crippen LogP contribution in [-0.4, -0.2) is 17.9 Å². The molecule has 1 atom stereocenters. The molecule has 0 spiro atoms. The van der Waals surface area contributed by atoms with Crippen LogP contribution in [0.25, 0.3) is 0 Å². The van der Waals surface area contributed by atoms with E-state index in [1.165, 1.54) is 0 Å². The Labute approximate surface area is 159 Å². The maximum Gasteiger partial charge on any atom is 0.252 e. The fraction of sp³-hybridized carbons (Fsp3) is 0.333. The molecule has 1 unspecified atom stereocenters. The van der Waals surface area contributed by atoms with Gasteiger partial charge in [0.15, 0.2) is 0 Å². The predicted octanol–water partition coefficient (Wildman–Crippen LogP) is 4.74. The fourth-order valence-corrected chi connectivity index (χ4v) is 2.98. The van der Waals surface area contributed by atoms with E-state index in [9.17, 15) is 9.59 Å². The van der Waals surface area contributed by atoms with Crippen LogP contribution in [0.2, 0.25) is 5.02 Å². The summed E-state index contributed by atoms with van der Waals surface area (Å²) in [6, 6.07) is 12.0. The van der Waals surface area contributed by atoms with Crippen molar-refractivity contribution < 1.29 is 9.59 Å². The second kappa shape index (κ2) is 8.86.